The van der Waals surface area contributed by atoms with Crippen molar-refractivity contribution in [3.63, 3.8) is 0 Å². The van der Waals surface area contributed by atoms with Gasteiger partial charge in [0, 0.05) is 25.2 Å². The highest BCUT2D eigenvalue weighted by molar-refractivity contribution is 5.62. The summed E-state index contributed by atoms with van der Waals surface area (Å²) >= 11 is 0. The molecule has 1 N–H and O–H groups in total. The van der Waals surface area contributed by atoms with Crippen LogP contribution in [0.4, 0.5) is 0 Å². The van der Waals surface area contributed by atoms with Crippen LogP contribution in [-0.2, 0) is 0 Å². The summed E-state index contributed by atoms with van der Waals surface area (Å²) in [5, 5.41) is 3.67. The lowest BCUT2D eigenvalue weighted by molar-refractivity contribution is 0.307. The van der Waals surface area contributed by atoms with Crippen molar-refractivity contribution >= 4 is 6.21 Å². The minimum atomic E-state index is 0.665. The monoisotopic (exact) mass is 234 g/mol. The molecule has 17 heavy (non-hydrogen) atoms. The van der Waals surface area contributed by atoms with Crippen molar-refractivity contribution in [2.75, 3.05) is 13.1 Å². The molecule has 1 saturated carbocycles. The summed E-state index contributed by atoms with van der Waals surface area (Å²) in [6, 6.07) is 0.665. The highest BCUT2D eigenvalue weighted by Gasteiger charge is 2.16. The molecule has 0 amide bonds. The number of rotatable bonds is 5. The summed E-state index contributed by atoms with van der Waals surface area (Å²) in [7, 11) is 0. The Morgan fingerprint density at radius 1 is 1.35 bits per heavy atom. The van der Waals surface area contributed by atoms with E-state index in [2.05, 4.69) is 23.3 Å². The van der Waals surface area contributed by atoms with E-state index in [0.29, 0.717) is 6.04 Å². The molecule has 1 unspecified atom stereocenters. The van der Waals surface area contributed by atoms with Gasteiger partial charge in [0.15, 0.2) is 0 Å². The van der Waals surface area contributed by atoms with E-state index in [1.807, 2.05) is 6.21 Å². The van der Waals surface area contributed by atoms with Crippen molar-refractivity contribution in [1.82, 2.24) is 5.32 Å². The van der Waals surface area contributed by atoms with E-state index in [4.69, 9.17) is 0 Å². The lowest BCUT2D eigenvalue weighted by atomic mass is 9.85. The van der Waals surface area contributed by atoms with Crippen molar-refractivity contribution in [3.8, 4) is 0 Å². The molecule has 0 spiro atoms. The number of nitrogens with one attached hydrogen (secondary N) is 1. The Balaban J connectivity index is 1.62. The van der Waals surface area contributed by atoms with Crippen LogP contribution in [-0.4, -0.2) is 25.3 Å². The second-order valence-electron chi connectivity index (χ2n) is 5.64. The van der Waals surface area contributed by atoms with E-state index in [1.54, 1.807) is 0 Å². The van der Waals surface area contributed by atoms with E-state index in [9.17, 15) is 0 Å². The smallest absolute Gasteiger partial charge is 0.0569 e. The molecule has 96 valence electrons. The maximum atomic E-state index is 4.22. The average molecular weight is 234 g/mol. The quantitative estimate of drug-likeness (QED) is 0.725. The predicted octanol–water partition coefficient (Wildman–Crippen LogP) is 3.34. The second kappa shape index (κ2) is 6.95. The SMILES string of the molecule is CC(CC1CCCCC1)NCC1=CCN=CC1. The second-order valence-corrected chi connectivity index (χ2v) is 5.64. The van der Waals surface area contributed by atoms with Gasteiger partial charge in [0.1, 0.15) is 0 Å². The molecule has 0 radical (unpaired) electrons. The Hall–Kier alpha value is -0.630. The molecule has 0 saturated heterocycles. The Kier molecular flexibility index (Phi) is 5.24. The zero-order chi connectivity index (χ0) is 11.9. The molecular formula is C15H26N2. The molecule has 2 heteroatoms. The van der Waals surface area contributed by atoms with Crippen molar-refractivity contribution in [3.05, 3.63) is 11.6 Å². The van der Waals surface area contributed by atoms with Gasteiger partial charge in [-0.2, -0.15) is 0 Å². The van der Waals surface area contributed by atoms with Crippen LogP contribution in [0.15, 0.2) is 16.6 Å². The molecular weight excluding hydrogens is 208 g/mol. The lowest BCUT2D eigenvalue weighted by Crippen LogP contribution is -2.31. The van der Waals surface area contributed by atoms with Crippen LogP contribution in [0.1, 0.15) is 51.9 Å². The molecule has 1 heterocycles. The lowest BCUT2D eigenvalue weighted by Gasteiger charge is -2.25. The molecule has 1 atom stereocenters. The molecule has 2 rings (SSSR count). The number of dihydropyridines is 1. The third kappa shape index (κ3) is 4.63. The highest BCUT2D eigenvalue weighted by atomic mass is 14.9. The van der Waals surface area contributed by atoms with Gasteiger partial charge in [0.05, 0.1) is 6.54 Å². The van der Waals surface area contributed by atoms with Crippen molar-refractivity contribution < 1.29 is 0 Å². The maximum absolute atomic E-state index is 4.22. The van der Waals surface area contributed by atoms with E-state index >= 15 is 0 Å². The van der Waals surface area contributed by atoms with Crippen LogP contribution in [0.3, 0.4) is 0 Å². The van der Waals surface area contributed by atoms with Crippen LogP contribution >= 0.6 is 0 Å². The zero-order valence-corrected chi connectivity index (χ0v) is 11.1. The van der Waals surface area contributed by atoms with E-state index < -0.39 is 0 Å². The van der Waals surface area contributed by atoms with Crippen LogP contribution in [0.5, 0.6) is 0 Å². The first kappa shape index (κ1) is 12.8. The average Bonchev–Trinajstić information content (AvgIpc) is 2.39. The topological polar surface area (TPSA) is 24.4 Å². The molecule has 0 aromatic heterocycles. The first-order chi connectivity index (χ1) is 8.34. The fraction of sp³-hybridized carbons (Fsp3) is 0.800. The summed E-state index contributed by atoms with van der Waals surface area (Å²) in [4.78, 5) is 4.22. The van der Waals surface area contributed by atoms with Gasteiger partial charge < -0.3 is 5.32 Å². The number of hydrogen-bond acceptors (Lipinski definition) is 2. The predicted molar refractivity (Wildman–Crippen MR) is 74.7 cm³/mol. The van der Waals surface area contributed by atoms with Crippen molar-refractivity contribution in [1.29, 1.82) is 0 Å². The third-order valence-corrected chi connectivity index (χ3v) is 4.06. The first-order valence-corrected chi connectivity index (χ1v) is 7.24. The summed E-state index contributed by atoms with van der Waals surface area (Å²) in [6.45, 7) is 4.28. The summed E-state index contributed by atoms with van der Waals surface area (Å²) in [5.74, 6) is 0.980. The number of aliphatic imine (C=N–C) groups is 1. The van der Waals surface area contributed by atoms with Crippen molar-refractivity contribution in [2.24, 2.45) is 10.9 Å². The standard InChI is InChI=1S/C15H26N2/c1-13(11-14-5-3-2-4-6-14)17-12-15-7-9-16-10-8-15/h7,10,13-14,17H,2-6,8-9,11-12H2,1H3. The molecule has 1 aliphatic carbocycles. The van der Waals surface area contributed by atoms with Gasteiger partial charge in [0.2, 0.25) is 0 Å². The zero-order valence-electron chi connectivity index (χ0n) is 11.1. The molecule has 0 aromatic carbocycles. The molecule has 0 aromatic rings. The summed E-state index contributed by atoms with van der Waals surface area (Å²) in [6.07, 6.45) is 14.0. The van der Waals surface area contributed by atoms with Crippen LogP contribution < -0.4 is 5.32 Å². The van der Waals surface area contributed by atoms with E-state index in [0.717, 1.165) is 25.4 Å². The van der Waals surface area contributed by atoms with Gasteiger partial charge in [-0.05, 0) is 19.3 Å². The van der Waals surface area contributed by atoms with Crippen LogP contribution in [0, 0.1) is 5.92 Å². The third-order valence-electron chi connectivity index (χ3n) is 4.06. The Labute approximate surface area is 106 Å². The molecule has 2 nitrogen and oxygen atoms in total. The fourth-order valence-electron chi connectivity index (χ4n) is 2.98. The maximum Gasteiger partial charge on any atom is 0.0569 e. The Morgan fingerprint density at radius 3 is 2.88 bits per heavy atom. The minimum Gasteiger partial charge on any atom is -0.311 e. The fourth-order valence-corrected chi connectivity index (χ4v) is 2.98. The van der Waals surface area contributed by atoms with E-state index in [-0.39, 0.29) is 0 Å². The number of hydrogen-bond donors (Lipinski definition) is 1. The molecule has 1 fully saturated rings. The largest absolute Gasteiger partial charge is 0.311 e. The van der Waals surface area contributed by atoms with Gasteiger partial charge in [-0.3, -0.25) is 4.99 Å². The number of nitrogens with zero attached hydrogens (tertiary/aromatic N) is 1. The highest BCUT2D eigenvalue weighted by Crippen LogP contribution is 2.27. The van der Waals surface area contributed by atoms with Gasteiger partial charge in [-0.15, -0.1) is 0 Å². The molecule has 1 aliphatic heterocycles. The van der Waals surface area contributed by atoms with Gasteiger partial charge in [-0.1, -0.05) is 43.8 Å². The normalized spacial score (nSPS) is 23.5. The molecule has 2 aliphatic rings. The first-order valence-electron chi connectivity index (χ1n) is 7.24. The molecule has 0 bridgehead atoms. The van der Waals surface area contributed by atoms with Crippen LogP contribution in [0.2, 0.25) is 0 Å². The summed E-state index contributed by atoms with van der Waals surface area (Å²) < 4.78 is 0. The summed E-state index contributed by atoms with van der Waals surface area (Å²) in [5.41, 5.74) is 1.51. The van der Waals surface area contributed by atoms with Crippen molar-refractivity contribution in [2.45, 2.75) is 57.9 Å². The van der Waals surface area contributed by atoms with Gasteiger partial charge in [0.25, 0.3) is 0 Å². The van der Waals surface area contributed by atoms with E-state index in [1.165, 1.54) is 44.1 Å². The van der Waals surface area contributed by atoms with Gasteiger partial charge in [-0.25, -0.2) is 0 Å². The Bertz CT molecular complexity index is 275. The van der Waals surface area contributed by atoms with Crippen LogP contribution in [0.25, 0.3) is 0 Å². The van der Waals surface area contributed by atoms with Gasteiger partial charge >= 0.3 is 0 Å². The minimum absolute atomic E-state index is 0.665. The Morgan fingerprint density at radius 2 is 2.18 bits per heavy atom.